The lowest BCUT2D eigenvalue weighted by atomic mass is 10.1. The van der Waals surface area contributed by atoms with Crippen LogP contribution < -0.4 is 20.4 Å². The minimum absolute atomic E-state index is 0.0263. The van der Waals surface area contributed by atoms with Crippen molar-refractivity contribution in [3.05, 3.63) is 165 Å². The fourth-order valence-corrected chi connectivity index (χ4v) is 6.29. The van der Waals surface area contributed by atoms with Crippen LogP contribution in [0.15, 0.2) is 128 Å². The SMILES string of the molecule is CC(=O)N(c1cccc(Cl)c1)c1cc(NC(=O)Cc2ccc(F)cc2Cl)ccn1.CC(=O)N(c1cccc(Cl)c1)c1cc(NC(=O)Cc2ccccc2Cl)ccn1. The van der Waals surface area contributed by atoms with Crippen LogP contribution in [0.4, 0.5) is 38.8 Å². The van der Waals surface area contributed by atoms with Crippen molar-refractivity contribution in [2.45, 2.75) is 26.7 Å². The first-order chi connectivity index (χ1) is 27.3. The van der Waals surface area contributed by atoms with E-state index in [9.17, 15) is 23.6 Å². The van der Waals surface area contributed by atoms with Gasteiger partial charge in [-0.2, -0.15) is 0 Å². The van der Waals surface area contributed by atoms with E-state index in [-0.39, 0.29) is 41.5 Å². The summed E-state index contributed by atoms with van der Waals surface area (Å²) in [5.41, 5.74) is 3.36. The maximum Gasteiger partial charge on any atom is 0.229 e. The maximum atomic E-state index is 13.1. The van der Waals surface area contributed by atoms with Gasteiger partial charge in [-0.05, 0) is 77.9 Å². The van der Waals surface area contributed by atoms with Gasteiger partial charge in [0, 0.05) is 69.8 Å². The third kappa shape index (κ3) is 12.1. The zero-order valence-corrected chi connectivity index (χ0v) is 33.4. The van der Waals surface area contributed by atoms with Crippen molar-refractivity contribution < 1.29 is 23.6 Å². The van der Waals surface area contributed by atoms with E-state index in [1.54, 1.807) is 84.9 Å². The van der Waals surface area contributed by atoms with Gasteiger partial charge in [0.2, 0.25) is 23.6 Å². The van der Waals surface area contributed by atoms with Gasteiger partial charge in [0.05, 0.1) is 24.2 Å². The predicted molar refractivity (Wildman–Crippen MR) is 225 cm³/mol. The van der Waals surface area contributed by atoms with E-state index in [2.05, 4.69) is 20.6 Å². The summed E-state index contributed by atoms with van der Waals surface area (Å²) >= 11 is 24.2. The number of anilines is 6. The molecule has 4 amide bonds. The molecule has 0 aliphatic rings. The van der Waals surface area contributed by atoms with Gasteiger partial charge in [-0.1, -0.05) is 82.8 Å². The fraction of sp³-hybridized carbons (Fsp3) is 0.0952. The van der Waals surface area contributed by atoms with Gasteiger partial charge < -0.3 is 10.6 Å². The molecule has 4 aromatic carbocycles. The van der Waals surface area contributed by atoms with Crippen molar-refractivity contribution in [3.8, 4) is 0 Å². The van der Waals surface area contributed by atoms with Gasteiger partial charge in [0.25, 0.3) is 0 Å². The first-order valence-corrected chi connectivity index (χ1v) is 18.6. The van der Waals surface area contributed by atoms with Crippen molar-refractivity contribution in [3.63, 3.8) is 0 Å². The molecular weight excluding hydrogens is 813 g/mol. The number of carbonyl (C=O) groups is 4. The molecule has 0 unspecified atom stereocenters. The summed E-state index contributed by atoms with van der Waals surface area (Å²) < 4.78 is 13.1. The van der Waals surface area contributed by atoms with Crippen LogP contribution in [0.5, 0.6) is 0 Å². The summed E-state index contributed by atoms with van der Waals surface area (Å²) in [6.45, 7) is 2.84. The summed E-state index contributed by atoms with van der Waals surface area (Å²) in [4.78, 5) is 60.5. The minimum Gasteiger partial charge on any atom is -0.326 e. The molecule has 2 N–H and O–H groups in total. The standard InChI is InChI=1S/C21H16Cl2FN3O2.C21H17Cl2N3O2/c1-13(28)27(18-4-2-3-15(22)10-18)20-12-17(7-8-25-20)26-21(29)9-14-5-6-16(24)11-19(14)23;1-14(27)26(18-7-4-6-16(22)12-18)20-13-17(9-10-24-20)25-21(28)11-15-5-2-3-8-19(15)23/h2-8,10-12H,9H2,1H3,(H,25,26,29);2-10,12-13H,11H2,1H3,(H,24,25,28). The van der Waals surface area contributed by atoms with Gasteiger partial charge >= 0.3 is 0 Å². The summed E-state index contributed by atoms with van der Waals surface area (Å²) in [6, 6.07) is 31.2. The Balaban J connectivity index is 0.000000218. The highest BCUT2D eigenvalue weighted by molar-refractivity contribution is 6.32. The maximum absolute atomic E-state index is 13.1. The molecule has 10 nitrogen and oxygen atoms in total. The molecule has 57 heavy (non-hydrogen) atoms. The Kier molecular flexibility index (Phi) is 14.7. The van der Waals surface area contributed by atoms with E-state index in [1.165, 1.54) is 48.2 Å². The third-order valence-corrected chi connectivity index (χ3v) is 9.15. The molecule has 0 spiro atoms. The lowest BCUT2D eigenvalue weighted by Crippen LogP contribution is -2.24. The van der Waals surface area contributed by atoms with Crippen LogP contribution in [0.1, 0.15) is 25.0 Å². The molecule has 0 aliphatic carbocycles. The molecular formula is C42H33Cl4FN6O4. The zero-order valence-electron chi connectivity index (χ0n) is 30.4. The Morgan fingerprint density at radius 1 is 0.561 bits per heavy atom. The zero-order chi connectivity index (χ0) is 41.1. The molecule has 0 saturated carbocycles. The Morgan fingerprint density at radius 3 is 1.47 bits per heavy atom. The molecule has 0 aliphatic heterocycles. The third-order valence-electron chi connectivity index (χ3n) is 7.95. The number of amides is 4. The molecule has 0 fully saturated rings. The van der Waals surface area contributed by atoms with Gasteiger partial charge in [0.15, 0.2) is 0 Å². The number of aromatic nitrogens is 2. The lowest BCUT2D eigenvalue weighted by Gasteiger charge is -2.21. The molecule has 6 aromatic rings. The molecule has 0 radical (unpaired) electrons. The van der Waals surface area contributed by atoms with Crippen molar-refractivity contribution in [2.75, 3.05) is 20.4 Å². The molecule has 2 heterocycles. The molecule has 2 aromatic heterocycles. The van der Waals surface area contributed by atoms with Gasteiger partial charge in [-0.25, -0.2) is 14.4 Å². The van der Waals surface area contributed by atoms with Crippen LogP contribution >= 0.6 is 46.4 Å². The molecule has 0 saturated heterocycles. The molecule has 6 rings (SSSR count). The van der Waals surface area contributed by atoms with E-state index in [4.69, 9.17) is 46.4 Å². The van der Waals surface area contributed by atoms with Gasteiger partial charge in [0.1, 0.15) is 17.5 Å². The van der Waals surface area contributed by atoms with Crippen LogP contribution in [-0.4, -0.2) is 33.6 Å². The Bertz CT molecular complexity index is 2430. The molecule has 0 atom stereocenters. The average Bonchev–Trinajstić information content (AvgIpc) is 3.14. The lowest BCUT2D eigenvalue weighted by molar-refractivity contribution is -0.116. The number of benzene rings is 4. The number of hydrogen-bond acceptors (Lipinski definition) is 6. The minimum atomic E-state index is -0.469. The van der Waals surface area contributed by atoms with Gasteiger partial charge in [-0.3, -0.25) is 29.0 Å². The van der Waals surface area contributed by atoms with E-state index < -0.39 is 5.82 Å². The van der Waals surface area contributed by atoms with Crippen LogP contribution in [0.2, 0.25) is 20.1 Å². The second-order valence-corrected chi connectivity index (χ2v) is 13.9. The topological polar surface area (TPSA) is 125 Å². The highest BCUT2D eigenvalue weighted by Crippen LogP contribution is 2.30. The number of nitrogens with one attached hydrogen (secondary N) is 2. The van der Waals surface area contributed by atoms with E-state index in [1.807, 2.05) is 12.1 Å². The quantitative estimate of drug-likeness (QED) is 0.141. The largest absolute Gasteiger partial charge is 0.326 e. The summed E-state index contributed by atoms with van der Waals surface area (Å²) in [5, 5.41) is 7.25. The van der Waals surface area contributed by atoms with Crippen molar-refractivity contribution in [2.24, 2.45) is 0 Å². The first kappa shape index (κ1) is 42.3. The van der Waals surface area contributed by atoms with Crippen molar-refractivity contribution in [1.29, 1.82) is 0 Å². The van der Waals surface area contributed by atoms with Crippen LogP contribution in [0, 0.1) is 5.82 Å². The number of pyridine rings is 2. The number of nitrogens with zero attached hydrogens (tertiary/aromatic N) is 4. The van der Waals surface area contributed by atoms with E-state index in [0.717, 1.165) is 11.6 Å². The van der Waals surface area contributed by atoms with Crippen molar-refractivity contribution >= 4 is 104 Å². The van der Waals surface area contributed by atoms with Crippen molar-refractivity contribution in [1.82, 2.24) is 9.97 Å². The normalized spacial score (nSPS) is 10.4. The number of carbonyl (C=O) groups excluding carboxylic acids is 4. The summed E-state index contributed by atoms with van der Waals surface area (Å²) in [7, 11) is 0. The average molecular weight is 847 g/mol. The highest BCUT2D eigenvalue weighted by Gasteiger charge is 2.19. The molecule has 0 bridgehead atoms. The Morgan fingerprint density at radius 2 is 1.04 bits per heavy atom. The second kappa shape index (κ2) is 19.8. The molecule has 15 heteroatoms. The first-order valence-electron chi connectivity index (χ1n) is 17.1. The Hall–Kier alpha value is -5.85. The predicted octanol–water partition coefficient (Wildman–Crippen LogP) is 10.6. The van der Waals surface area contributed by atoms with Gasteiger partial charge in [-0.15, -0.1) is 0 Å². The number of halogens is 5. The van der Waals surface area contributed by atoms with Crippen LogP contribution in [-0.2, 0) is 32.0 Å². The Labute approximate surface area is 348 Å². The van der Waals surface area contributed by atoms with Crippen LogP contribution in [0.25, 0.3) is 0 Å². The summed E-state index contributed by atoms with van der Waals surface area (Å²) in [6.07, 6.45) is 3.13. The molecule has 290 valence electrons. The van der Waals surface area contributed by atoms with E-state index >= 15 is 0 Å². The summed E-state index contributed by atoms with van der Waals surface area (Å²) in [5.74, 6) is -0.809. The smallest absolute Gasteiger partial charge is 0.229 e. The number of hydrogen-bond donors (Lipinski definition) is 2. The number of rotatable bonds is 10. The highest BCUT2D eigenvalue weighted by atomic mass is 35.5. The van der Waals surface area contributed by atoms with E-state index in [0.29, 0.717) is 55.0 Å². The van der Waals surface area contributed by atoms with Crippen LogP contribution in [0.3, 0.4) is 0 Å². The second-order valence-electron chi connectivity index (χ2n) is 12.3. The fourth-order valence-electron chi connectivity index (χ4n) is 5.48. The monoisotopic (exact) mass is 844 g/mol.